The number of hydrogen-bond donors (Lipinski definition) is 2. The molecule has 1 fully saturated rings. The monoisotopic (exact) mass is 291 g/mol. The number of carboxylic acids is 1. The molecule has 0 aromatic carbocycles. The summed E-state index contributed by atoms with van der Waals surface area (Å²) in [5.41, 5.74) is 0. The third-order valence-corrected chi connectivity index (χ3v) is 3.51. The van der Waals surface area contributed by atoms with Crippen molar-refractivity contribution in [2.24, 2.45) is 11.8 Å². The van der Waals surface area contributed by atoms with Crippen molar-refractivity contribution in [3.05, 3.63) is 0 Å². The lowest BCUT2D eigenvalue weighted by molar-refractivity contribution is -0.145. The van der Waals surface area contributed by atoms with Crippen molar-refractivity contribution in [1.82, 2.24) is 5.32 Å². The number of hydrogen-bond acceptors (Lipinski definition) is 2. The van der Waals surface area contributed by atoms with E-state index in [1.165, 1.54) is 0 Å². The zero-order valence-electron chi connectivity index (χ0n) is 9.25. The summed E-state index contributed by atoms with van der Waals surface area (Å²) in [6.45, 7) is 0.503. The molecule has 0 heterocycles. The van der Waals surface area contributed by atoms with E-state index in [9.17, 15) is 9.59 Å². The fraction of sp³-hybridized carbons (Fsp3) is 0.818. The van der Waals surface area contributed by atoms with Crippen molar-refractivity contribution < 1.29 is 14.7 Å². The van der Waals surface area contributed by atoms with Gasteiger partial charge < -0.3 is 10.4 Å². The van der Waals surface area contributed by atoms with Gasteiger partial charge in [-0.3, -0.25) is 9.59 Å². The first-order valence-electron chi connectivity index (χ1n) is 5.70. The van der Waals surface area contributed by atoms with Crippen molar-refractivity contribution in [2.75, 3.05) is 11.9 Å². The van der Waals surface area contributed by atoms with Gasteiger partial charge in [-0.2, -0.15) is 0 Å². The van der Waals surface area contributed by atoms with Gasteiger partial charge in [-0.25, -0.2) is 0 Å². The van der Waals surface area contributed by atoms with E-state index in [-0.39, 0.29) is 17.7 Å². The predicted octanol–water partition coefficient (Wildman–Crippen LogP) is 1.78. The predicted molar refractivity (Wildman–Crippen MR) is 64.5 cm³/mol. The second-order valence-corrected chi connectivity index (χ2v) is 5.03. The maximum Gasteiger partial charge on any atom is 0.306 e. The Kier molecular flexibility index (Phi) is 5.80. The molecule has 4 nitrogen and oxygen atoms in total. The van der Waals surface area contributed by atoms with Crippen molar-refractivity contribution >= 4 is 27.8 Å². The minimum atomic E-state index is -0.723. The van der Waals surface area contributed by atoms with E-state index in [0.717, 1.165) is 25.7 Å². The highest BCUT2D eigenvalue weighted by Gasteiger charge is 2.30. The van der Waals surface area contributed by atoms with Crippen LogP contribution < -0.4 is 5.32 Å². The summed E-state index contributed by atoms with van der Waals surface area (Å²) in [7, 11) is 0. The molecule has 1 saturated carbocycles. The number of carboxylic acid groups (broad SMARTS) is 1. The molecule has 0 unspecified atom stereocenters. The van der Waals surface area contributed by atoms with Crippen LogP contribution in [0.15, 0.2) is 0 Å². The number of amides is 1. The molecule has 0 radical (unpaired) electrons. The van der Waals surface area contributed by atoms with Crippen LogP contribution in [0.2, 0.25) is 0 Å². The summed E-state index contributed by atoms with van der Waals surface area (Å²) >= 11 is 3.20. The quantitative estimate of drug-likeness (QED) is 0.759. The third kappa shape index (κ3) is 4.12. The maximum atomic E-state index is 11.3. The summed E-state index contributed by atoms with van der Waals surface area (Å²) in [5.74, 6) is -0.908. The van der Waals surface area contributed by atoms with Crippen molar-refractivity contribution in [3.8, 4) is 0 Å². The van der Waals surface area contributed by atoms with Crippen LogP contribution in [-0.2, 0) is 9.59 Å². The summed E-state index contributed by atoms with van der Waals surface area (Å²) in [6.07, 6.45) is 4.16. The van der Waals surface area contributed by atoms with E-state index in [1.807, 2.05) is 0 Å². The van der Waals surface area contributed by atoms with Gasteiger partial charge in [-0.05, 0) is 18.8 Å². The average Bonchev–Trinajstić information content (AvgIpc) is 2.27. The number of aliphatic carboxylic acids is 1. The molecule has 5 heteroatoms. The highest BCUT2D eigenvalue weighted by atomic mass is 79.9. The van der Waals surface area contributed by atoms with Crippen molar-refractivity contribution in [3.63, 3.8) is 0 Å². The number of halogens is 1. The van der Waals surface area contributed by atoms with E-state index >= 15 is 0 Å². The minimum Gasteiger partial charge on any atom is -0.481 e. The molecular formula is C11H18BrNO3. The normalized spacial score (nSPS) is 25.1. The molecule has 0 aromatic rings. The van der Waals surface area contributed by atoms with Gasteiger partial charge in [0, 0.05) is 18.3 Å². The summed E-state index contributed by atoms with van der Waals surface area (Å²) in [6, 6.07) is 0. The van der Waals surface area contributed by atoms with Gasteiger partial charge in [0.05, 0.1) is 5.92 Å². The lowest BCUT2D eigenvalue weighted by Crippen LogP contribution is -2.37. The van der Waals surface area contributed by atoms with Gasteiger partial charge in [0.25, 0.3) is 0 Å². The van der Waals surface area contributed by atoms with Crippen LogP contribution in [0.4, 0.5) is 0 Å². The Hall–Kier alpha value is -0.580. The van der Waals surface area contributed by atoms with Gasteiger partial charge in [0.1, 0.15) is 0 Å². The third-order valence-electron chi connectivity index (χ3n) is 3.11. The van der Waals surface area contributed by atoms with Gasteiger partial charge in [-0.15, -0.1) is 0 Å². The first-order chi connectivity index (χ1) is 7.65. The van der Waals surface area contributed by atoms with Crippen LogP contribution in [-0.4, -0.2) is 28.9 Å². The molecule has 1 aliphatic carbocycles. The zero-order chi connectivity index (χ0) is 12.0. The fourth-order valence-electron chi connectivity index (χ4n) is 2.20. The van der Waals surface area contributed by atoms with Crippen LogP contribution >= 0.6 is 15.9 Å². The van der Waals surface area contributed by atoms with Crippen LogP contribution in [0.1, 0.15) is 32.1 Å². The van der Waals surface area contributed by atoms with E-state index in [1.54, 1.807) is 0 Å². The summed E-state index contributed by atoms with van der Waals surface area (Å²) in [4.78, 5) is 22.3. The van der Waals surface area contributed by atoms with Gasteiger partial charge in [0.15, 0.2) is 0 Å². The molecule has 16 heavy (non-hydrogen) atoms. The van der Waals surface area contributed by atoms with Crippen LogP contribution in [0.3, 0.4) is 0 Å². The Bertz CT molecular complexity index is 258. The Morgan fingerprint density at radius 2 is 2.00 bits per heavy atom. The smallest absolute Gasteiger partial charge is 0.306 e. The Balaban J connectivity index is 2.38. The molecule has 1 aliphatic rings. The second kappa shape index (κ2) is 6.89. The maximum absolute atomic E-state index is 11.3. The average molecular weight is 292 g/mol. The highest BCUT2D eigenvalue weighted by Crippen LogP contribution is 2.29. The Morgan fingerprint density at radius 3 is 2.62 bits per heavy atom. The van der Waals surface area contributed by atoms with Gasteiger partial charge >= 0.3 is 5.97 Å². The number of nitrogens with one attached hydrogen (secondary N) is 1. The van der Waals surface area contributed by atoms with E-state index in [4.69, 9.17) is 5.11 Å². The topological polar surface area (TPSA) is 66.4 Å². The fourth-order valence-corrected chi connectivity index (χ4v) is 2.56. The largest absolute Gasteiger partial charge is 0.481 e. The SMILES string of the molecule is O=C(CCBr)NC[C@@H]1CCCC[C@@H]1C(=O)O. The lowest BCUT2D eigenvalue weighted by Gasteiger charge is -2.28. The van der Waals surface area contributed by atoms with Crippen molar-refractivity contribution in [1.29, 1.82) is 0 Å². The first kappa shape index (κ1) is 13.5. The van der Waals surface area contributed by atoms with E-state index in [0.29, 0.717) is 18.3 Å². The number of carbonyl (C=O) groups is 2. The molecule has 2 N–H and O–H groups in total. The summed E-state index contributed by atoms with van der Waals surface area (Å²) < 4.78 is 0. The second-order valence-electron chi connectivity index (χ2n) is 4.23. The number of rotatable bonds is 5. The van der Waals surface area contributed by atoms with Crippen molar-refractivity contribution in [2.45, 2.75) is 32.1 Å². The molecule has 0 bridgehead atoms. The summed E-state index contributed by atoms with van der Waals surface area (Å²) in [5, 5.41) is 12.5. The Labute approximate surface area is 104 Å². The lowest BCUT2D eigenvalue weighted by atomic mass is 9.79. The number of alkyl halides is 1. The van der Waals surface area contributed by atoms with Gasteiger partial charge in [0.2, 0.25) is 5.91 Å². The minimum absolute atomic E-state index is 0.00779. The Morgan fingerprint density at radius 1 is 1.31 bits per heavy atom. The molecule has 2 atom stereocenters. The highest BCUT2D eigenvalue weighted by molar-refractivity contribution is 9.09. The van der Waals surface area contributed by atoms with Crippen LogP contribution in [0.5, 0.6) is 0 Å². The van der Waals surface area contributed by atoms with Gasteiger partial charge in [-0.1, -0.05) is 28.8 Å². The molecule has 92 valence electrons. The molecule has 0 aromatic heterocycles. The van der Waals surface area contributed by atoms with E-state index < -0.39 is 5.97 Å². The molecule has 1 amide bonds. The molecular weight excluding hydrogens is 274 g/mol. The van der Waals surface area contributed by atoms with Crippen LogP contribution in [0, 0.1) is 11.8 Å². The zero-order valence-corrected chi connectivity index (χ0v) is 10.8. The molecule has 0 saturated heterocycles. The van der Waals surface area contributed by atoms with E-state index in [2.05, 4.69) is 21.2 Å². The standard InChI is InChI=1S/C11H18BrNO3/c12-6-5-10(14)13-7-8-3-1-2-4-9(8)11(15)16/h8-9H,1-7H2,(H,13,14)(H,15,16)/t8-,9-/m0/s1. The van der Waals surface area contributed by atoms with Crippen LogP contribution in [0.25, 0.3) is 0 Å². The molecule has 1 rings (SSSR count). The number of carbonyl (C=O) groups excluding carboxylic acids is 1. The molecule has 0 spiro atoms. The first-order valence-corrected chi connectivity index (χ1v) is 6.82. The molecule has 0 aliphatic heterocycles.